The van der Waals surface area contributed by atoms with Crippen LogP contribution in [0.4, 0.5) is 0 Å². The number of hydrogen-bond acceptors (Lipinski definition) is 4. The van der Waals surface area contributed by atoms with Gasteiger partial charge in [0.1, 0.15) is 6.10 Å². The summed E-state index contributed by atoms with van der Waals surface area (Å²) in [6.07, 6.45) is 3.66. The van der Waals surface area contributed by atoms with E-state index in [4.69, 9.17) is 4.74 Å². The average molecular weight is 237 g/mol. The van der Waals surface area contributed by atoms with E-state index in [9.17, 15) is 0 Å². The Morgan fingerprint density at radius 3 is 2.29 bits per heavy atom. The zero-order chi connectivity index (χ0) is 12.9. The van der Waals surface area contributed by atoms with Crippen LogP contribution < -0.4 is 5.32 Å². The monoisotopic (exact) mass is 237 g/mol. The van der Waals surface area contributed by atoms with Gasteiger partial charge < -0.3 is 10.1 Å². The first-order chi connectivity index (χ1) is 7.99. The number of aromatic nitrogens is 2. The van der Waals surface area contributed by atoms with Crippen molar-refractivity contribution in [1.29, 1.82) is 0 Å². The average Bonchev–Trinajstić information content (AvgIpc) is 2.26. The molecule has 0 radical (unpaired) electrons. The lowest BCUT2D eigenvalue weighted by Gasteiger charge is -2.29. The van der Waals surface area contributed by atoms with Gasteiger partial charge in [0.25, 0.3) is 0 Å². The molecule has 0 aliphatic rings. The Kier molecular flexibility index (Phi) is 5.02. The van der Waals surface area contributed by atoms with Crippen LogP contribution in [0.2, 0.25) is 0 Å². The van der Waals surface area contributed by atoms with Crippen LogP contribution in [0.25, 0.3) is 0 Å². The first kappa shape index (κ1) is 14.1. The van der Waals surface area contributed by atoms with Crippen molar-refractivity contribution < 1.29 is 4.74 Å². The second kappa shape index (κ2) is 6.07. The summed E-state index contributed by atoms with van der Waals surface area (Å²) in [4.78, 5) is 8.81. The predicted octanol–water partition coefficient (Wildman–Crippen LogP) is 2.32. The van der Waals surface area contributed by atoms with E-state index in [1.54, 1.807) is 0 Å². The molecule has 4 nitrogen and oxygen atoms in total. The molecule has 96 valence electrons. The Labute approximate surface area is 104 Å². The van der Waals surface area contributed by atoms with Crippen molar-refractivity contribution in [1.82, 2.24) is 15.3 Å². The fraction of sp³-hybridized carbons (Fsp3) is 0.692. The van der Waals surface area contributed by atoms with Crippen LogP contribution >= 0.6 is 0 Å². The first-order valence-corrected chi connectivity index (χ1v) is 6.06. The largest absolute Gasteiger partial charge is 0.370 e. The molecule has 0 amide bonds. The number of nitrogens with zero attached hydrogens (tertiary/aromatic N) is 2. The molecule has 17 heavy (non-hydrogen) atoms. The SMILES string of the molecule is CCOC(c1ncc(CNC)cn1)C(C)(C)C. The molecule has 0 fully saturated rings. The van der Waals surface area contributed by atoms with Crippen molar-refractivity contribution in [2.24, 2.45) is 5.41 Å². The van der Waals surface area contributed by atoms with E-state index in [2.05, 4.69) is 36.1 Å². The van der Waals surface area contributed by atoms with Crippen LogP contribution in [0, 0.1) is 5.41 Å². The van der Waals surface area contributed by atoms with Crippen molar-refractivity contribution in [3.05, 3.63) is 23.8 Å². The lowest BCUT2D eigenvalue weighted by atomic mass is 9.88. The van der Waals surface area contributed by atoms with E-state index in [1.165, 1.54) is 0 Å². The Morgan fingerprint density at radius 2 is 1.88 bits per heavy atom. The van der Waals surface area contributed by atoms with Crippen LogP contribution in [0.5, 0.6) is 0 Å². The summed E-state index contributed by atoms with van der Waals surface area (Å²) < 4.78 is 5.75. The molecule has 0 aliphatic heterocycles. The summed E-state index contributed by atoms with van der Waals surface area (Å²) in [6.45, 7) is 9.86. The van der Waals surface area contributed by atoms with Gasteiger partial charge in [0.05, 0.1) is 0 Å². The third-order valence-electron chi connectivity index (χ3n) is 2.46. The van der Waals surface area contributed by atoms with E-state index in [0.717, 1.165) is 17.9 Å². The van der Waals surface area contributed by atoms with Crippen molar-refractivity contribution in [2.75, 3.05) is 13.7 Å². The van der Waals surface area contributed by atoms with Crippen LogP contribution in [0.1, 0.15) is 45.2 Å². The van der Waals surface area contributed by atoms with Gasteiger partial charge in [-0.15, -0.1) is 0 Å². The molecule has 0 spiro atoms. The van der Waals surface area contributed by atoms with Gasteiger partial charge in [-0.05, 0) is 19.4 Å². The molecule has 1 aromatic heterocycles. The number of ether oxygens (including phenoxy) is 1. The molecule has 1 N–H and O–H groups in total. The number of rotatable bonds is 5. The summed E-state index contributed by atoms with van der Waals surface area (Å²) in [5.41, 5.74) is 1.08. The van der Waals surface area contributed by atoms with Crippen LogP contribution in [-0.2, 0) is 11.3 Å². The topological polar surface area (TPSA) is 47.0 Å². The molecule has 1 atom stereocenters. The van der Waals surface area contributed by atoms with Crippen LogP contribution in [0.3, 0.4) is 0 Å². The maximum absolute atomic E-state index is 5.75. The van der Waals surface area contributed by atoms with E-state index >= 15 is 0 Å². The molecular weight excluding hydrogens is 214 g/mol. The molecule has 0 bridgehead atoms. The van der Waals surface area contributed by atoms with E-state index in [1.807, 2.05) is 26.4 Å². The highest BCUT2D eigenvalue weighted by atomic mass is 16.5. The zero-order valence-electron chi connectivity index (χ0n) is 11.4. The molecule has 0 saturated carbocycles. The Balaban J connectivity index is 2.87. The van der Waals surface area contributed by atoms with Crippen LogP contribution in [0.15, 0.2) is 12.4 Å². The van der Waals surface area contributed by atoms with Gasteiger partial charge in [-0.25, -0.2) is 9.97 Å². The molecule has 1 unspecified atom stereocenters. The van der Waals surface area contributed by atoms with Crippen molar-refractivity contribution in [3.63, 3.8) is 0 Å². The minimum absolute atomic E-state index is 0.000529. The predicted molar refractivity (Wildman–Crippen MR) is 68.6 cm³/mol. The lowest BCUT2D eigenvalue weighted by Crippen LogP contribution is -2.23. The second-order valence-corrected chi connectivity index (χ2v) is 5.18. The molecule has 1 rings (SSSR count). The zero-order valence-corrected chi connectivity index (χ0v) is 11.4. The van der Waals surface area contributed by atoms with Gasteiger partial charge in [0.15, 0.2) is 5.82 Å². The second-order valence-electron chi connectivity index (χ2n) is 5.18. The Hall–Kier alpha value is -1.00. The minimum Gasteiger partial charge on any atom is -0.370 e. The highest BCUT2D eigenvalue weighted by Gasteiger charge is 2.29. The van der Waals surface area contributed by atoms with Gasteiger partial charge in [0.2, 0.25) is 0 Å². The summed E-state index contributed by atoms with van der Waals surface area (Å²) in [6, 6.07) is 0. The minimum atomic E-state index is -0.0591. The molecule has 1 heterocycles. The van der Waals surface area contributed by atoms with Gasteiger partial charge in [-0.1, -0.05) is 20.8 Å². The van der Waals surface area contributed by atoms with Crippen LogP contribution in [-0.4, -0.2) is 23.6 Å². The quantitative estimate of drug-likeness (QED) is 0.853. The van der Waals surface area contributed by atoms with Gasteiger partial charge in [0, 0.05) is 31.1 Å². The summed E-state index contributed by atoms with van der Waals surface area (Å²) in [7, 11) is 1.91. The maximum atomic E-state index is 5.75. The molecule has 0 saturated heterocycles. The third kappa shape index (κ3) is 4.06. The molecular formula is C13H23N3O. The summed E-state index contributed by atoms with van der Waals surface area (Å²) in [5.74, 6) is 0.763. The molecule has 4 heteroatoms. The number of hydrogen-bond donors (Lipinski definition) is 1. The van der Waals surface area contributed by atoms with Gasteiger partial charge in [-0.2, -0.15) is 0 Å². The standard InChI is InChI=1S/C13H23N3O/c1-6-17-11(13(2,3)4)12-15-8-10(7-14-5)9-16-12/h8-9,11,14H,6-7H2,1-5H3. The smallest absolute Gasteiger partial charge is 0.157 e. The Bertz CT molecular complexity index is 330. The first-order valence-electron chi connectivity index (χ1n) is 6.06. The highest BCUT2D eigenvalue weighted by molar-refractivity contribution is 5.07. The van der Waals surface area contributed by atoms with Crippen molar-refractivity contribution >= 4 is 0 Å². The van der Waals surface area contributed by atoms with Gasteiger partial charge in [-0.3, -0.25) is 0 Å². The van der Waals surface area contributed by atoms with E-state index in [0.29, 0.717) is 6.61 Å². The summed E-state index contributed by atoms with van der Waals surface area (Å²) >= 11 is 0. The molecule has 0 aliphatic carbocycles. The van der Waals surface area contributed by atoms with Gasteiger partial charge >= 0.3 is 0 Å². The summed E-state index contributed by atoms with van der Waals surface area (Å²) in [5, 5.41) is 3.08. The van der Waals surface area contributed by atoms with E-state index < -0.39 is 0 Å². The molecule has 0 aromatic carbocycles. The normalized spacial score (nSPS) is 13.7. The third-order valence-corrected chi connectivity index (χ3v) is 2.46. The van der Waals surface area contributed by atoms with Crippen molar-refractivity contribution in [2.45, 2.75) is 40.3 Å². The Morgan fingerprint density at radius 1 is 1.29 bits per heavy atom. The maximum Gasteiger partial charge on any atom is 0.157 e. The highest BCUT2D eigenvalue weighted by Crippen LogP contribution is 2.33. The number of nitrogens with one attached hydrogen (secondary N) is 1. The van der Waals surface area contributed by atoms with E-state index in [-0.39, 0.29) is 11.5 Å². The van der Waals surface area contributed by atoms with Crippen molar-refractivity contribution in [3.8, 4) is 0 Å². The fourth-order valence-corrected chi connectivity index (χ4v) is 1.67. The molecule has 1 aromatic rings. The lowest BCUT2D eigenvalue weighted by molar-refractivity contribution is -0.0191. The fourth-order valence-electron chi connectivity index (χ4n) is 1.67.